The van der Waals surface area contributed by atoms with Crippen molar-refractivity contribution in [1.82, 2.24) is 9.97 Å². The Morgan fingerprint density at radius 3 is 2.45 bits per heavy atom. The molecule has 3 rings (SSSR count). The molecule has 0 atom stereocenters. The molecular weight excluding hydrogens is 284 g/mol. The molecule has 22 heavy (non-hydrogen) atoms. The maximum atomic E-state index is 12.4. The zero-order valence-electron chi connectivity index (χ0n) is 11.3. The van der Waals surface area contributed by atoms with E-state index in [0.29, 0.717) is 11.3 Å². The normalized spacial score (nSPS) is 10.4. The quantitative estimate of drug-likeness (QED) is 0.743. The van der Waals surface area contributed by atoms with Gasteiger partial charge in [0.05, 0.1) is 11.8 Å². The molecule has 0 aliphatic carbocycles. The smallest absolute Gasteiger partial charge is 0.355 e. The maximum Gasteiger partial charge on any atom is 0.355 e. The number of carbonyl (C=O) groups excluding carboxylic acids is 1. The first-order valence-corrected chi connectivity index (χ1v) is 6.41. The molecule has 0 saturated carbocycles. The van der Waals surface area contributed by atoms with Crippen LogP contribution in [0.1, 0.15) is 26.4 Å². The van der Waals surface area contributed by atoms with E-state index in [1.165, 1.54) is 12.5 Å². The first kappa shape index (κ1) is 13.7. The summed E-state index contributed by atoms with van der Waals surface area (Å²) >= 11 is 0. The highest BCUT2D eigenvalue weighted by Gasteiger charge is 2.21. The predicted molar refractivity (Wildman–Crippen MR) is 76.6 cm³/mol. The van der Waals surface area contributed by atoms with Crippen molar-refractivity contribution in [2.75, 3.05) is 0 Å². The van der Waals surface area contributed by atoms with Crippen LogP contribution in [0, 0.1) is 0 Å². The lowest BCUT2D eigenvalue weighted by atomic mass is 10.0. The summed E-state index contributed by atoms with van der Waals surface area (Å²) in [5.74, 6) is -1.29. The summed E-state index contributed by atoms with van der Waals surface area (Å²) in [6, 6.07) is 11.6. The lowest BCUT2D eigenvalue weighted by molar-refractivity contribution is 0.0686. The number of hydrogen-bond donors (Lipinski definition) is 1. The molecule has 1 N–H and O–H groups in total. The van der Waals surface area contributed by atoms with Crippen LogP contribution >= 0.6 is 0 Å². The molecular formula is C16H10N2O4. The van der Waals surface area contributed by atoms with E-state index in [1.807, 2.05) is 0 Å². The van der Waals surface area contributed by atoms with Gasteiger partial charge in [0.1, 0.15) is 0 Å². The molecule has 0 unspecified atom stereocenters. The zero-order valence-corrected chi connectivity index (χ0v) is 11.3. The summed E-state index contributed by atoms with van der Waals surface area (Å²) in [6.45, 7) is 0. The summed E-state index contributed by atoms with van der Waals surface area (Å²) in [4.78, 5) is 31.8. The Balaban J connectivity index is 2.08. The third-order valence-electron chi connectivity index (χ3n) is 3.01. The molecule has 0 radical (unpaired) electrons. The van der Waals surface area contributed by atoms with Gasteiger partial charge < -0.3 is 9.52 Å². The summed E-state index contributed by atoms with van der Waals surface area (Å²) in [7, 11) is 0. The van der Waals surface area contributed by atoms with Gasteiger partial charge in [0.25, 0.3) is 0 Å². The molecule has 0 aliphatic heterocycles. The Labute approximate surface area is 125 Å². The average Bonchev–Trinajstić information content (AvgIpc) is 3.09. The van der Waals surface area contributed by atoms with E-state index in [0.717, 1.165) is 0 Å². The first-order valence-electron chi connectivity index (χ1n) is 6.41. The molecule has 3 aromatic rings. The Kier molecular flexibility index (Phi) is 3.49. The van der Waals surface area contributed by atoms with E-state index in [1.54, 1.807) is 42.5 Å². The molecule has 0 fully saturated rings. The van der Waals surface area contributed by atoms with E-state index in [4.69, 9.17) is 4.42 Å². The Hall–Kier alpha value is -3.28. The molecule has 0 spiro atoms. The van der Waals surface area contributed by atoms with E-state index in [2.05, 4.69) is 9.97 Å². The van der Waals surface area contributed by atoms with E-state index in [9.17, 15) is 14.7 Å². The van der Waals surface area contributed by atoms with E-state index >= 15 is 0 Å². The van der Waals surface area contributed by atoms with Gasteiger partial charge in [-0.2, -0.15) is 0 Å². The number of carboxylic acids is 1. The minimum atomic E-state index is -1.30. The molecule has 0 saturated heterocycles. The lowest BCUT2D eigenvalue weighted by Crippen LogP contribution is -2.13. The fourth-order valence-corrected chi connectivity index (χ4v) is 1.98. The molecule has 0 aliphatic rings. The first-order chi connectivity index (χ1) is 10.7. The molecule has 6 heteroatoms. The van der Waals surface area contributed by atoms with Crippen LogP contribution in [0.5, 0.6) is 0 Å². The second-order valence-corrected chi connectivity index (χ2v) is 4.43. The number of furan rings is 1. The van der Waals surface area contributed by atoms with Gasteiger partial charge in [-0.3, -0.25) is 4.79 Å². The minimum absolute atomic E-state index is 0.0611. The van der Waals surface area contributed by atoms with E-state index in [-0.39, 0.29) is 17.1 Å². The van der Waals surface area contributed by atoms with Crippen LogP contribution in [0.2, 0.25) is 0 Å². The van der Waals surface area contributed by atoms with Crippen molar-refractivity contribution in [3.8, 4) is 11.6 Å². The summed E-state index contributed by atoms with van der Waals surface area (Å²) in [5.41, 5.74) is -0.0383. The number of rotatable bonds is 4. The number of carboxylic acid groups (broad SMARTS) is 1. The van der Waals surface area contributed by atoms with Crippen molar-refractivity contribution >= 4 is 11.8 Å². The van der Waals surface area contributed by atoms with Gasteiger partial charge in [0, 0.05) is 11.8 Å². The van der Waals surface area contributed by atoms with Crippen molar-refractivity contribution in [2.45, 2.75) is 0 Å². The van der Waals surface area contributed by atoms with E-state index < -0.39 is 11.8 Å². The highest BCUT2D eigenvalue weighted by atomic mass is 16.4. The standard InChI is InChI=1S/C16H10N2O4/c19-14(10-5-2-1-3-6-10)11-9-17-15(12-7-4-8-22-12)18-13(11)16(20)21/h1-9H,(H,20,21). The molecule has 2 aromatic heterocycles. The van der Waals surface area contributed by atoms with Gasteiger partial charge in [-0.1, -0.05) is 30.3 Å². The molecule has 6 nitrogen and oxygen atoms in total. The fourth-order valence-electron chi connectivity index (χ4n) is 1.98. The largest absolute Gasteiger partial charge is 0.476 e. The number of aromatic carboxylic acids is 1. The third-order valence-corrected chi connectivity index (χ3v) is 3.01. The topological polar surface area (TPSA) is 93.3 Å². The monoisotopic (exact) mass is 294 g/mol. The maximum absolute atomic E-state index is 12.4. The Morgan fingerprint density at radius 2 is 1.82 bits per heavy atom. The van der Waals surface area contributed by atoms with Gasteiger partial charge in [-0.15, -0.1) is 0 Å². The average molecular weight is 294 g/mol. The second-order valence-electron chi connectivity index (χ2n) is 4.43. The van der Waals surface area contributed by atoms with Crippen LogP contribution in [-0.4, -0.2) is 26.8 Å². The molecule has 108 valence electrons. The Morgan fingerprint density at radius 1 is 1.05 bits per heavy atom. The molecule has 1 aromatic carbocycles. The minimum Gasteiger partial charge on any atom is -0.476 e. The number of aromatic nitrogens is 2. The van der Waals surface area contributed by atoms with Crippen molar-refractivity contribution in [1.29, 1.82) is 0 Å². The summed E-state index contributed by atoms with van der Waals surface area (Å²) in [5, 5.41) is 9.31. The van der Waals surface area contributed by atoms with Crippen molar-refractivity contribution in [2.24, 2.45) is 0 Å². The van der Waals surface area contributed by atoms with Gasteiger partial charge in [0.2, 0.25) is 0 Å². The summed E-state index contributed by atoms with van der Waals surface area (Å²) < 4.78 is 5.14. The number of benzene rings is 1. The van der Waals surface area contributed by atoms with Gasteiger partial charge in [0.15, 0.2) is 23.1 Å². The zero-order chi connectivity index (χ0) is 15.5. The van der Waals surface area contributed by atoms with Gasteiger partial charge in [-0.25, -0.2) is 14.8 Å². The van der Waals surface area contributed by atoms with Crippen LogP contribution in [0.3, 0.4) is 0 Å². The van der Waals surface area contributed by atoms with Crippen LogP contribution in [0.4, 0.5) is 0 Å². The third kappa shape index (κ3) is 2.49. The lowest BCUT2D eigenvalue weighted by Gasteiger charge is -2.05. The van der Waals surface area contributed by atoms with Crippen LogP contribution < -0.4 is 0 Å². The number of carbonyl (C=O) groups is 2. The molecule has 0 bridgehead atoms. The summed E-state index contributed by atoms with van der Waals surface area (Å²) in [6.07, 6.45) is 2.64. The Bertz CT molecular complexity index is 827. The molecule has 2 heterocycles. The highest BCUT2D eigenvalue weighted by molar-refractivity contribution is 6.13. The number of nitrogens with zero attached hydrogens (tertiary/aromatic N) is 2. The second kappa shape index (κ2) is 5.61. The SMILES string of the molecule is O=C(c1ccccc1)c1cnc(-c2ccco2)nc1C(=O)O. The predicted octanol–water partition coefficient (Wildman–Crippen LogP) is 2.67. The van der Waals surface area contributed by atoms with Crippen LogP contribution in [-0.2, 0) is 0 Å². The van der Waals surface area contributed by atoms with Crippen LogP contribution in [0.25, 0.3) is 11.6 Å². The highest BCUT2D eigenvalue weighted by Crippen LogP contribution is 2.19. The van der Waals surface area contributed by atoms with Crippen molar-refractivity contribution in [3.63, 3.8) is 0 Å². The van der Waals surface area contributed by atoms with Gasteiger partial charge >= 0.3 is 5.97 Å². The van der Waals surface area contributed by atoms with Gasteiger partial charge in [-0.05, 0) is 12.1 Å². The fraction of sp³-hybridized carbons (Fsp3) is 0. The van der Waals surface area contributed by atoms with Crippen LogP contribution in [0.15, 0.2) is 59.3 Å². The van der Waals surface area contributed by atoms with Crippen molar-refractivity contribution in [3.05, 3.63) is 71.7 Å². The number of hydrogen-bond acceptors (Lipinski definition) is 5. The number of ketones is 1. The molecule has 0 amide bonds. The van der Waals surface area contributed by atoms with Crippen molar-refractivity contribution < 1.29 is 19.1 Å².